The van der Waals surface area contributed by atoms with Crippen LogP contribution in [0.15, 0.2) is 18.2 Å². The number of ether oxygens (including phenoxy) is 1. The molecule has 1 fully saturated rings. The Morgan fingerprint density at radius 1 is 1.29 bits per heavy atom. The highest BCUT2D eigenvalue weighted by atomic mass is 16.5. The Bertz CT molecular complexity index is 421. The van der Waals surface area contributed by atoms with Gasteiger partial charge in [0.2, 0.25) is 0 Å². The van der Waals surface area contributed by atoms with Crippen LogP contribution in [0, 0.1) is 19.8 Å². The average molecular weight is 291 g/mol. The van der Waals surface area contributed by atoms with Gasteiger partial charge in [0.05, 0.1) is 12.7 Å². The van der Waals surface area contributed by atoms with Crippen molar-refractivity contribution in [3.63, 3.8) is 0 Å². The molecular formula is C18H29NO2. The third kappa shape index (κ3) is 4.80. The van der Waals surface area contributed by atoms with Gasteiger partial charge in [-0.1, -0.05) is 36.2 Å². The number of hydrogen-bond donors (Lipinski definition) is 2. The molecule has 118 valence electrons. The number of aliphatic hydroxyl groups excluding tert-OH is 1. The van der Waals surface area contributed by atoms with Crippen LogP contribution in [0.1, 0.15) is 49.0 Å². The standard InChI is InChI=1S/C18H29NO2/c1-4-17(15-6-5-7-21-12-15)19-11-18(20)16-9-13(2)8-14(3)10-16/h8-10,15,17-20H,4-7,11-12H2,1-3H3. The van der Waals surface area contributed by atoms with E-state index in [-0.39, 0.29) is 0 Å². The molecule has 3 unspecified atom stereocenters. The molecule has 0 spiro atoms. The monoisotopic (exact) mass is 291 g/mol. The molecule has 2 rings (SSSR count). The molecule has 0 amide bonds. The lowest BCUT2D eigenvalue weighted by Gasteiger charge is -2.31. The van der Waals surface area contributed by atoms with Crippen LogP contribution in [0.3, 0.4) is 0 Å². The second-order valence-corrected chi connectivity index (χ2v) is 6.34. The zero-order chi connectivity index (χ0) is 15.2. The summed E-state index contributed by atoms with van der Waals surface area (Å²) in [6.07, 6.45) is 3.02. The fourth-order valence-corrected chi connectivity index (χ4v) is 3.31. The van der Waals surface area contributed by atoms with E-state index in [0.717, 1.165) is 31.6 Å². The first-order chi connectivity index (χ1) is 10.1. The van der Waals surface area contributed by atoms with E-state index in [1.54, 1.807) is 0 Å². The highest BCUT2D eigenvalue weighted by Gasteiger charge is 2.23. The third-order valence-electron chi connectivity index (χ3n) is 4.41. The van der Waals surface area contributed by atoms with Gasteiger partial charge in [0.15, 0.2) is 0 Å². The average Bonchev–Trinajstić information content (AvgIpc) is 2.47. The Hall–Kier alpha value is -0.900. The minimum atomic E-state index is -0.442. The van der Waals surface area contributed by atoms with Crippen molar-refractivity contribution >= 4 is 0 Å². The van der Waals surface area contributed by atoms with Crippen molar-refractivity contribution in [2.45, 2.75) is 52.2 Å². The summed E-state index contributed by atoms with van der Waals surface area (Å²) in [6, 6.07) is 6.72. The highest BCUT2D eigenvalue weighted by molar-refractivity contribution is 5.30. The molecular weight excluding hydrogens is 262 g/mol. The first-order valence-electron chi connectivity index (χ1n) is 8.17. The van der Waals surface area contributed by atoms with E-state index in [9.17, 15) is 5.11 Å². The normalized spacial score (nSPS) is 22.0. The summed E-state index contributed by atoms with van der Waals surface area (Å²) in [7, 11) is 0. The molecule has 0 aliphatic carbocycles. The van der Waals surface area contributed by atoms with Gasteiger partial charge in [-0.05, 0) is 44.6 Å². The van der Waals surface area contributed by atoms with E-state index >= 15 is 0 Å². The number of aryl methyl sites for hydroxylation is 2. The zero-order valence-corrected chi connectivity index (χ0v) is 13.6. The summed E-state index contributed by atoms with van der Waals surface area (Å²) >= 11 is 0. The molecule has 2 N–H and O–H groups in total. The topological polar surface area (TPSA) is 41.5 Å². The Morgan fingerprint density at radius 3 is 2.57 bits per heavy atom. The molecule has 0 bridgehead atoms. The first kappa shape index (κ1) is 16.5. The van der Waals surface area contributed by atoms with Crippen molar-refractivity contribution in [3.8, 4) is 0 Å². The number of aliphatic hydroxyl groups is 1. The summed E-state index contributed by atoms with van der Waals surface area (Å²) < 4.78 is 5.59. The van der Waals surface area contributed by atoms with Gasteiger partial charge < -0.3 is 15.2 Å². The number of benzene rings is 1. The summed E-state index contributed by atoms with van der Waals surface area (Å²) in [5, 5.41) is 14.0. The SMILES string of the molecule is CCC(NCC(O)c1cc(C)cc(C)c1)C1CCCOC1. The Balaban J connectivity index is 1.90. The van der Waals surface area contributed by atoms with Crippen LogP contribution >= 0.6 is 0 Å². The highest BCUT2D eigenvalue weighted by Crippen LogP contribution is 2.21. The van der Waals surface area contributed by atoms with E-state index in [1.807, 2.05) is 0 Å². The molecule has 3 heteroatoms. The third-order valence-corrected chi connectivity index (χ3v) is 4.41. The number of nitrogens with one attached hydrogen (secondary N) is 1. The van der Waals surface area contributed by atoms with E-state index < -0.39 is 6.10 Å². The van der Waals surface area contributed by atoms with Gasteiger partial charge in [-0.15, -0.1) is 0 Å². The molecule has 3 atom stereocenters. The predicted molar refractivity (Wildman–Crippen MR) is 86.5 cm³/mol. The summed E-state index contributed by atoms with van der Waals surface area (Å²) in [5.74, 6) is 0.579. The van der Waals surface area contributed by atoms with Crippen LogP contribution in [-0.2, 0) is 4.74 Å². The molecule has 1 aromatic carbocycles. The zero-order valence-electron chi connectivity index (χ0n) is 13.6. The lowest BCUT2D eigenvalue weighted by atomic mass is 9.91. The van der Waals surface area contributed by atoms with E-state index in [0.29, 0.717) is 18.5 Å². The molecule has 1 aliphatic rings. The van der Waals surface area contributed by atoms with Crippen LogP contribution in [0.4, 0.5) is 0 Å². The van der Waals surface area contributed by atoms with E-state index in [1.165, 1.54) is 17.5 Å². The van der Waals surface area contributed by atoms with Gasteiger partial charge in [0.25, 0.3) is 0 Å². The Kier molecular flexibility index (Phi) is 6.22. The van der Waals surface area contributed by atoms with Gasteiger partial charge in [-0.3, -0.25) is 0 Å². The van der Waals surface area contributed by atoms with Crippen LogP contribution in [0.25, 0.3) is 0 Å². The second-order valence-electron chi connectivity index (χ2n) is 6.34. The van der Waals surface area contributed by atoms with E-state index in [2.05, 4.69) is 44.3 Å². The molecule has 0 saturated carbocycles. The predicted octanol–water partition coefficient (Wildman–Crippen LogP) is 3.13. The van der Waals surface area contributed by atoms with E-state index in [4.69, 9.17) is 4.74 Å². The lowest BCUT2D eigenvalue weighted by molar-refractivity contribution is 0.0360. The second kappa shape index (κ2) is 7.92. The van der Waals surface area contributed by atoms with Crippen LogP contribution in [0.2, 0.25) is 0 Å². The number of rotatable bonds is 6. The van der Waals surface area contributed by atoms with Crippen molar-refractivity contribution < 1.29 is 9.84 Å². The molecule has 1 heterocycles. The summed E-state index contributed by atoms with van der Waals surface area (Å²) in [5.41, 5.74) is 3.42. The van der Waals surface area contributed by atoms with Crippen molar-refractivity contribution in [2.75, 3.05) is 19.8 Å². The van der Waals surface area contributed by atoms with Gasteiger partial charge >= 0.3 is 0 Å². The minimum absolute atomic E-state index is 0.436. The van der Waals surface area contributed by atoms with Crippen molar-refractivity contribution in [2.24, 2.45) is 5.92 Å². The summed E-state index contributed by atoms with van der Waals surface area (Å²) in [4.78, 5) is 0. The maximum Gasteiger partial charge on any atom is 0.0914 e. The largest absolute Gasteiger partial charge is 0.387 e. The maximum atomic E-state index is 10.4. The van der Waals surface area contributed by atoms with Gasteiger partial charge in [-0.2, -0.15) is 0 Å². The molecule has 21 heavy (non-hydrogen) atoms. The lowest BCUT2D eigenvalue weighted by Crippen LogP contribution is -2.41. The summed E-state index contributed by atoms with van der Waals surface area (Å²) in [6.45, 7) is 8.71. The van der Waals surface area contributed by atoms with Crippen molar-refractivity contribution in [1.82, 2.24) is 5.32 Å². The fraction of sp³-hybridized carbons (Fsp3) is 0.667. The maximum absolute atomic E-state index is 10.4. The van der Waals surface area contributed by atoms with Crippen LogP contribution in [-0.4, -0.2) is 30.9 Å². The van der Waals surface area contributed by atoms with Gasteiger partial charge in [0.1, 0.15) is 0 Å². The molecule has 1 saturated heterocycles. The molecule has 1 aliphatic heterocycles. The molecule has 0 aromatic heterocycles. The van der Waals surface area contributed by atoms with Gasteiger partial charge in [0, 0.05) is 19.2 Å². The molecule has 1 aromatic rings. The van der Waals surface area contributed by atoms with Crippen molar-refractivity contribution in [3.05, 3.63) is 34.9 Å². The molecule has 0 radical (unpaired) electrons. The van der Waals surface area contributed by atoms with Crippen LogP contribution < -0.4 is 5.32 Å². The first-order valence-corrected chi connectivity index (χ1v) is 8.17. The smallest absolute Gasteiger partial charge is 0.0914 e. The fourth-order valence-electron chi connectivity index (χ4n) is 3.31. The quantitative estimate of drug-likeness (QED) is 0.846. The van der Waals surface area contributed by atoms with Gasteiger partial charge in [-0.25, -0.2) is 0 Å². The minimum Gasteiger partial charge on any atom is -0.387 e. The van der Waals surface area contributed by atoms with Crippen LogP contribution in [0.5, 0.6) is 0 Å². The molecule has 3 nitrogen and oxygen atoms in total. The van der Waals surface area contributed by atoms with Crippen molar-refractivity contribution in [1.29, 1.82) is 0 Å². The Labute approximate surface area is 128 Å². The number of hydrogen-bond acceptors (Lipinski definition) is 3. The Morgan fingerprint density at radius 2 is 2.00 bits per heavy atom.